The Morgan fingerprint density at radius 3 is 2.61 bits per heavy atom. The van der Waals surface area contributed by atoms with Crippen molar-refractivity contribution >= 4 is 22.6 Å². The van der Waals surface area contributed by atoms with Gasteiger partial charge >= 0.3 is 0 Å². The van der Waals surface area contributed by atoms with Gasteiger partial charge in [-0.25, -0.2) is 4.98 Å². The monoisotopic (exact) mass is 439 g/mol. The molecule has 1 saturated heterocycles. The van der Waals surface area contributed by atoms with E-state index in [-0.39, 0.29) is 11.8 Å². The van der Waals surface area contributed by atoms with Crippen LogP contribution in [0.25, 0.3) is 11.0 Å². The number of hydrogen-bond donors (Lipinski definition) is 0. The van der Waals surface area contributed by atoms with Crippen LogP contribution in [-0.2, 0) is 11.3 Å². The Morgan fingerprint density at radius 2 is 1.76 bits per heavy atom. The smallest absolute Gasteiger partial charge is 0.227 e. The molecule has 0 saturated carbocycles. The molecule has 168 valence electrons. The number of rotatable bonds is 7. The summed E-state index contributed by atoms with van der Waals surface area (Å²) in [6.45, 7) is 6.30. The molecule has 0 spiro atoms. The van der Waals surface area contributed by atoms with E-state index in [1.807, 2.05) is 65.6 Å². The van der Waals surface area contributed by atoms with Crippen molar-refractivity contribution in [3.8, 4) is 5.75 Å². The minimum atomic E-state index is 0.0741. The van der Waals surface area contributed by atoms with Crippen molar-refractivity contribution in [3.05, 3.63) is 89.7 Å². The lowest BCUT2D eigenvalue weighted by molar-refractivity contribution is -0.117. The van der Waals surface area contributed by atoms with Gasteiger partial charge in [-0.3, -0.25) is 4.79 Å². The number of hydrogen-bond acceptors (Lipinski definition) is 3. The third-order valence-corrected chi connectivity index (χ3v) is 6.58. The van der Waals surface area contributed by atoms with Gasteiger partial charge < -0.3 is 14.2 Å². The van der Waals surface area contributed by atoms with Crippen molar-refractivity contribution in [2.75, 3.05) is 18.1 Å². The van der Waals surface area contributed by atoms with Crippen LogP contribution >= 0.6 is 0 Å². The van der Waals surface area contributed by atoms with E-state index < -0.39 is 0 Å². The van der Waals surface area contributed by atoms with Gasteiger partial charge in [-0.1, -0.05) is 42.5 Å². The highest BCUT2D eigenvalue weighted by atomic mass is 16.5. The molecule has 0 N–H and O–H groups in total. The number of nitrogens with zero attached hydrogens (tertiary/aromatic N) is 3. The van der Waals surface area contributed by atoms with Crippen LogP contribution in [0.4, 0.5) is 5.69 Å². The number of para-hydroxylation sites is 3. The molecule has 5 heteroatoms. The second-order valence-electron chi connectivity index (χ2n) is 8.75. The van der Waals surface area contributed by atoms with Gasteiger partial charge in [-0.2, -0.15) is 0 Å². The molecule has 1 amide bonds. The number of benzene rings is 3. The maximum Gasteiger partial charge on any atom is 0.227 e. The van der Waals surface area contributed by atoms with Crippen LogP contribution in [0, 0.1) is 13.8 Å². The van der Waals surface area contributed by atoms with Gasteiger partial charge in [0.25, 0.3) is 0 Å². The summed E-state index contributed by atoms with van der Waals surface area (Å²) in [5.41, 5.74) is 5.48. The van der Waals surface area contributed by atoms with Crippen molar-refractivity contribution in [1.82, 2.24) is 9.55 Å². The molecule has 1 aliphatic rings. The molecule has 1 aromatic heterocycles. The predicted molar refractivity (Wildman–Crippen MR) is 132 cm³/mol. The number of carbonyl (C=O) groups is 1. The van der Waals surface area contributed by atoms with Crippen LogP contribution < -0.4 is 9.64 Å². The molecular formula is C28H29N3O2. The fraction of sp³-hybridized carbons (Fsp3) is 0.286. The lowest BCUT2D eigenvalue weighted by atomic mass is 10.1. The highest BCUT2D eigenvalue weighted by molar-refractivity contribution is 5.96. The van der Waals surface area contributed by atoms with Gasteiger partial charge in [0.2, 0.25) is 5.91 Å². The van der Waals surface area contributed by atoms with Crippen LogP contribution in [0.15, 0.2) is 72.8 Å². The van der Waals surface area contributed by atoms with Gasteiger partial charge in [-0.15, -0.1) is 0 Å². The molecule has 1 fully saturated rings. The summed E-state index contributed by atoms with van der Waals surface area (Å²) in [7, 11) is 0. The van der Waals surface area contributed by atoms with Crippen LogP contribution in [-0.4, -0.2) is 28.6 Å². The fourth-order valence-electron chi connectivity index (χ4n) is 4.66. The normalized spacial score (nSPS) is 16.0. The maximum absolute atomic E-state index is 12.8. The Bertz CT molecular complexity index is 1280. The number of ether oxygens (including phenoxy) is 1. The van der Waals surface area contributed by atoms with E-state index in [1.54, 1.807) is 0 Å². The first-order valence-electron chi connectivity index (χ1n) is 11.6. The Balaban J connectivity index is 1.35. The minimum Gasteiger partial charge on any atom is -0.493 e. The van der Waals surface area contributed by atoms with E-state index in [9.17, 15) is 4.79 Å². The van der Waals surface area contributed by atoms with Crippen molar-refractivity contribution in [3.63, 3.8) is 0 Å². The molecule has 1 unspecified atom stereocenters. The molecule has 2 heterocycles. The topological polar surface area (TPSA) is 47.4 Å². The van der Waals surface area contributed by atoms with E-state index in [2.05, 4.69) is 30.5 Å². The summed E-state index contributed by atoms with van der Waals surface area (Å²) in [4.78, 5) is 19.7. The maximum atomic E-state index is 12.8. The number of aromatic nitrogens is 2. The lowest BCUT2D eigenvalue weighted by Gasteiger charge is -2.17. The van der Waals surface area contributed by atoms with Crippen molar-refractivity contribution < 1.29 is 9.53 Å². The van der Waals surface area contributed by atoms with Crippen molar-refractivity contribution in [1.29, 1.82) is 0 Å². The molecular weight excluding hydrogens is 410 g/mol. The highest BCUT2D eigenvalue weighted by Crippen LogP contribution is 2.33. The van der Waals surface area contributed by atoms with E-state index in [1.165, 1.54) is 11.1 Å². The van der Waals surface area contributed by atoms with Crippen LogP contribution in [0.5, 0.6) is 5.75 Å². The quantitative estimate of drug-likeness (QED) is 0.350. The SMILES string of the molecule is Cc1cccc(OCCCn2c(C3CC(=O)N(c4ccccc4)C3)nc3ccccc32)c1C. The molecule has 0 bridgehead atoms. The first kappa shape index (κ1) is 21.3. The van der Waals surface area contributed by atoms with Crippen LogP contribution in [0.2, 0.25) is 0 Å². The summed E-state index contributed by atoms with van der Waals surface area (Å²) in [5.74, 6) is 2.17. The first-order valence-corrected chi connectivity index (χ1v) is 11.6. The lowest BCUT2D eigenvalue weighted by Crippen LogP contribution is -2.24. The average molecular weight is 440 g/mol. The zero-order valence-corrected chi connectivity index (χ0v) is 19.2. The Labute approximate surface area is 194 Å². The predicted octanol–water partition coefficient (Wildman–Crippen LogP) is 5.64. The standard InChI is InChI=1S/C28H29N3O2/c1-20-10-8-15-26(21(20)2)33-17-9-16-30-25-14-7-6-13-24(25)29-28(30)22-18-27(32)31(19-22)23-11-4-3-5-12-23/h3-8,10-15,22H,9,16-19H2,1-2H3. The van der Waals surface area contributed by atoms with Gasteiger partial charge in [0.1, 0.15) is 11.6 Å². The molecule has 5 nitrogen and oxygen atoms in total. The van der Waals surface area contributed by atoms with Crippen molar-refractivity contribution in [2.45, 2.75) is 39.2 Å². The number of amides is 1. The third kappa shape index (κ3) is 4.23. The molecule has 0 radical (unpaired) electrons. The number of imidazole rings is 1. The Morgan fingerprint density at radius 1 is 0.970 bits per heavy atom. The number of aryl methyl sites for hydroxylation is 2. The van der Waals surface area contributed by atoms with Gasteiger partial charge in [0.15, 0.2) is 0 Å². The van der Waals surface area contributed by atoms with E-state index >= 15 is 0 Å². The molecule has 3 aromatic carbocycles. The van der Waals surface area contributed by atoms with Crippen LogP contribution in [0.1, 0.15) is 35.7 Å². The average Bonchev–Trinajstić information content (AvgIpc) is 3.40. The number of carbonyl (C=O) groups excluding carboxylic acids is 1. The summed E-state index contributed by atoms with van der Waals surface area (Å²) < 4.78 is 8.38. The Kier molecular flexibility index (Phi) is 5.86. The van der Waals surface area contributed by atoms with Crippen molar-refractivity contribution in [2.24, 2.45) is 0 Å². The van der Waals surface area contributed by atoms with Crippen LogP contribution in [0.3, 0.4) is 0 Å². The second-order valence-corrected chi connectivity index (χ2v) is 8.75. The molecule has 4 aromatic rings. The molecule has 1 atom stereocenters. The van der Waals surface area contributed by atoms with E-state index in [0.717, 1.165) is 41.3 Å². The summed E-state index contributed by atoms with van der Waals surface area (Å²) in [5, 5.41) is 0. The molecule has 1 aliphatic heterocycles. The van der Waals surface area contributed by atoms with E-state index in [0.29, 0.717) is 19.6 Å². The number of anilines is 1. The Hall–Kier alpha value is -3.60. The zero-order chi connectivity index (χ0) is 22.8. The molecule has 5 rings (SSSR count). The summed E-state index contributed by atoms with van der Waals surface area (Å²) in [6, 6.07) is 24.3. The highest BCUT2D eigenvalue weighted by Gasteiger charge is 2.34. The van der Waals surface area contributed by atoms with Gasteiger partial charge in [0.05, 0.1) is 17.6 Å². The first-order chi connectivity index (χ1) is 16.1. The summed E-state index contributed by atoms with van der Waals surface area (Å²) >= 11 is 0. The summed E-state index contributed by atoms with van der Waals surface area (Å²) in [6.07, 6.45) is 1.35. The largest absolute Gasteiger partial charge is 0.493 e. The van der Waals surface area contributed by atoms with E-state index in [4.69, 9.17) is 9.72 Å². The zero-order valence-electron chi connectivity index (χ0n) is 19.2. The van der Waals surface area contributed by atoms with Gasteiger partial charge in [0, 0.05) is 31.1 Å². The minimum absolute atomic E-state index is 0.0741. The fourth-order valence-corrected chi connectivity index (χ4v) is 4.66. The number of fused-ring (bicyclic) bond motifs is 1. The third-order valence-electron chi connectivity index (χ3n) is 6.58. The molecule has 0 aliphatic carbocycles. The van der Waals surface area contributed by atoms with Gasteiger partial charge in [-0.05, 0) is 61.7 Å². The molecule has 33 heavy (non-hydrogen) atoms. The second kappa shape index (κ2) is 9.10.